The summed E-state index contributed by atoms with van der Waals surface area (Å²) in [5, 5.41) is 0. The van der Waals surface area contributed by atoms with E-state index >= 15 is 0 Å². The van der Waals surface area contributed by atoms with Crippen LogP contribution in [0.1, 0.15) is 140 Å². The molecule has 4 rings (SSSR count). The molecule has 186 valence electrons. The molecular formula is C34H50. The molecule has 0 heteroatoms. The van der Waals surface area contributed by atoms with Gasteiger partial charge in [0.15, 0.2) is 0 Å². The van der Waals surface area contributed by atoms with Crippen molar-refractivity contribution in [1.29, 1.82) is 0 Å². The van der Waals surface area contributed by atoms with E-state index in [1.165, 1.54) is 107 Å². The van der Waals surface area contributed by atoms with Crippen LogP contribution in [0.15, 0.2) is 48.5 Å². The Balaban J connectivity index is 1.28. The number of unbranched alkanes of at least 4 members (excludes halogenated alkanes) is 3. The van der Waals surface area contributed by atoms with Crippen LogP contribution < -0.4 is 0 Å². The first-order valence-corrected chi connectivity index (χ1v) is 14.8. The van der Waals surface area contributed by atoms with Crippen molar-refractivity contribution < 1.29 is 0 Å². The van der Waals surface area contributed by atoms with Crippen LogP contribution in [0, 0.1) is 11.3 Å². The zero-order valence-corrected chi connectivity index (χ0v) is 22.5. The summed E-state index contributed by atoms with van der Waals surface area (Å²) in [6, 6.07) is 19.2. The molecule has 0 bridgehead atoms. The molecule has 0 radical (unpaired) electrons. The summed E-state index contributed by atoms with van der Waals surface area (Å²) >= 11 is 0. The summed E-state index contributed by atoms with van der Waals surface area (Å²) in [6.07, 6.45) is 21.0. The molecule has 2 aromatic rings. The van der Waals surface area contributed by atoms with Gasteiger partial charge in [0, 0.05) is 0 Å². The fraction of sp³-hybridized carbons (Fsp3) is 0.647. The molecular weight excluding hydrogens is 408 g/mol. The van der Waals surface area contributed by atoms with Gasteiger partial charge in [0.25, 0.3) is 0 Å². The van der Waals surface area contributed by atoms with E-state index in [0.717, 1.165) is 17.8 Å². The Morgan fingerprint density at radius 2 is 1.12 bits per heavy atom. The van der Waals surface area contributed by atoms with Crippen molar-refractivity contribution in [3.05, 3.63) is 59.7 Å². The van der Waals surface area contributed by atoms with Gasteiger partial charge in [-0.3, -0.25) is 0 Å². The van der Waals surface area contributed by atoms with E-state index in [1.54, 1.807) is 11.1 Å². The maximum atomic E-state index is 2.53. The minimum atomic E-state index is 0.600. The highest BCUT2D eigenvalue weighted by atomic mass is 14.4. The normalized spacial score (nSPS) is 27.6. The third kappa shape index (κ3) is 6.77. The van der Waals surface area contributed by atoms with Crippen LogP contribution in [0.2, 0.25) is 0 Å². The van der Waals surface area contributed by atoms with E-state index in [9.17, 15) is 0 Å². The Morgan fingerprint density at radius 3 is 1.62 bits per heavy atom. The van der Waals surface area contributed by atoms with Gasteiger partial charge in [0.05, 0.1) is 0 Å². The predicted octanol–water partition coefficient (Wildman–Crippen LogP) is 11.1. The topological polar surface area (TPSA) is 0 Å². The third-order valence-electron chi connectivity index (χ3n) is 9.49. The van der Waals surface area contributed by atoms with E-state index in [-0.39, 0.29) is 0 Å². The summed E-state index contributed by atoms with van der Waals surface area (Å²) in [6.45, 7) is 7.17. The van der Waals surface area contributed by atoms with Crippen molar-refractivity contribution in [1.82, 2.24) is 0 Å². The van der Waals surface area contributed by atoms with Crippen molar-refractivity contribution in [3.63, 3.8) is 0 Å². The van der Waals surface area contributed by atoms with E-state index in [1.807, 2.05) is 0 Å². The minimum Gasteiger partial charge on any atom is -0.0654 e. The van der Waals surface area contributed by atoms with Gasteiger partial charge in [-0.25, -0.2) is 0 Å². The van der Waals surface area contributed by atoms with Gasteiger partial charge in [-0.1, -0.05) is 108 Å². The maximum absolute atomic E-state index is 2.53. The van der Waals surface area contributed by atoms with E-state index in [4.69, 9.17) is 0 Å². The SMILES string of the molecule is CCCCCC1CCC(c2ccc(-c3ccc(C4CCC(C)(CCCC)CC4)cc3)cc2)CC1. The second-order valence-corrected chi connectivity index (χ2v) is 12.1. The lowest BCUT2D eigenvalue weighted by atomic mass is 9.68. The zero-order valence-electron chi connectivity index (χ0n) is 22.5. The van der Waals surface area contributed by atoms with Crippen LogP contribution in [-0.2, 0) is 0 Å². The molecule has 2 fully saturated rings. The largest absolute Gasteiger partial charge is 0.0654 e. The molecule has 0 heterocycles. The van der Waals surface area contributed by atoms with Gasteiger partial charge in [0.1, 0.15) is 0 Å². The van der Waals surface area contributed by atoms with E-state index in [0.29, 0.717) is 5.41 Å². The summed E-state index contributed by atoms with van der Waals surface area (Å²) in [7, 11) is 0. The molecule has 34 heavy (non-hydrogen) atoms. The summed E-state index contributed by atoms with van der Waals surface area (Å²) in [5.74, 6) is 2.55. The molecule has 2 aromatic carbocycles. The molecule has 0 nitrogen and oxygen atoms in total. The molecule has 0 atom stereocenters. The van der Waals surface area contributed by atoms with Crippen molar-refractivity contribution >= 4 is 0 Å². The van der Waals surface area contributed by atoms with Gasteiger partial charge in [-0.15, -0.1) is 0 Å². The van der Waals surface area contributed by atoms with Crippen LogP contribution in [0.3, 0.4) is 0 Å². The average Bonchev–Trinajstić information content (AvgIpc) is 2.89. The lowest BCUT2D eigenvalue weighted by molar-refractivity contribution is 0.179. The van der Waals surface area contributed by atoms with Crippen LogP contribution in [0.5, 0.6) is 0 Å². The highest BCUT2D eigenvalue weighted by Gasteiger charge is 2.31. The van der Waals surface area contributed by atoms with Gasteiger partial charge in [-0.2, -0.15) is 0 Å². The smallest absolute Gasteiger partial charge is 0.0162 e. The fourth-order valence-corrected chi connectivity index (χ4v) is 6.86. The first-order valence-electron chi connectivity index (χ1n) is 14.8. The summed E-state index contributed by atoms with van der Waals surface area (Å²) < 4.78 is 0. The third-order valence-corrected chi connectivity index (χ3v) is 9.49. The summed E-state index contributed by atoms with van der Waals surface area (Å²) in [5.41, 5.74) is 6.48. The van der Waals surface area contributed by atoms with Crippen molar-refractivity contribution in [3.8, 4) is 11.1 Å². The maximum Gasteiger partial charge on any atom is -0.0162 e. The number of rotatable bonds is 10. The van der Waals surface area contributed by atoms with Crippen molar-refractivity contribution in [2.24, 2.45) is 11.3 Å². The van der Waals surface area contributed by atoms with Crippen molar-refractivity contribution in [2.75, 3.05) is 0 Å². The summed E-state index contributed by atoms with van der Waals surface area (Å²) in [4.78, 5) is 0. The molecule has 0 saturated heterocycles. The number of benzene rings is 2. The second-order valence-electron chi connectivity index (χ2n) is 12.1. The predicted molar refractivity (Wildman–Crippen MR) is 150 cm³/mol. The molecule has 2 saturated carbocycles. The van der Waals surface area contributed by atoms with Crippen LogP contribution in [0.25, 0.3) is 11.1 Å². The standard InChI is InChI=1S/C34H50/c1-4-6-8-9-27-10-12-28(13-11-27)29-14-16-30(17-15-29)31-18-20-32(21-19-31)33-22-25-34(3,26-23-33)24-7-5-2/h14-21,27-28,33H,4-13,22-26H2,1-3H3. The highest BCUT2D eigenvalue weighted by molar-refractivity contribution is 5.64. The average molecular weight is 459 g/mol. The lowest BCUT2D eigenvalue weighted by Crippen LogP contribution is -2.23. The molecule has 0 amide bonds. The molecule has 0 unspecified atom stereocenters. The quantitative estimate of drug-likeness (QED) is 0.310. The number of hydrogen-bond donors (Lipinski definition) is 0. The van der Waals surface area contributed by atoms with Crippen LogP contribution in [0.4, 0.5) is 0 Å². The first kappa shape index (κ1) is 25.5. The Morgan fingerprint density at radius 1 is 0.618 bits per heavy atom. The molecule has 0 N–H and O–H groups in total. The van der Waals surface area contributed by atoms with Crippen LogP contribution in [-0.4, -0.2) is 0 Å². The molecule has 0 aromatic heterocycles. The Bertz CT molecular complexity index is 827. The van der Waals surface area contributed by atoms with E-state index < -0.39 is 0 Å². The number of hydrogen-bond acceptors (Lipinski definition) is 0. The van der Waals surface area contributed by atoms with Gasteiger partial charge < -0.3 is 0 Å². The molecule has 0 aliphatic heterocycles. The van der Waals surface area contributed by atoms with Gasteiger partial charge in [0.2, 0.25) is 0 Å². The van der Waals surface area contributed by atoms with Gasteiger partial charge in [-0.05, 0) is 103 Å². The Kier molecular flexibility index (Phi) is 9.32. The Labute approximate surface area is 211 Å². The second kappa shape index (κ2) is 12.4. The van der Waals surface area contributed by atoms with E-state index in [2.05, 4.69) is 69.3 Å². The molecule has 2 aliphatic rings. The highest BCUT2D eigenvalue weighted by Crippen LogP contribution is 2.46. The first-order chi connectivity index (χ1) is 16.6. The fourth-order valence-electron chi connectivity index (χ4n) is 6.86. The minimum absolute atomic E-state index is 0.600. The zero-order chi connectivity index (χ0) is 23.8. The molecule has 2 aliphatic carbocycles. The monoisotopic (exact) mass is 458 g/mol. The van der Waals surface area contributed by atoms with Crippen LogP contribution >= 0.6 is 0 Å². The lowest BCUT2D eigenvalue weighted by Gasteiger charge is -2.37. The molecule has 0 spiro atoms. The van der Waals surface area contributed by atoms with Crippen molar-refractivity contribution in [2.45, 2.75) is 129 Å². The Hall–Kier alpha value is -1.56. The van der Waals surface area contributed by atoms with Gasteiger partial charge >= 0.3 is 0 Å².